The first-order chi connectivity index (χ1) is 11.0. The van der Waals surface area contributed by atoms with Gasteiger partial charge in [-0.15, -0.1) is 0 Å². The maximum atomic E-state index is 12.3. The molecule has 0 aliphatic rings. The number of carbonyl (C=O) groups is 2. The van der Waals surface area contributed by atoms with Gasteiger partial charge in [-0.3, -0.25) is 14.9 Å². The quantitative estimate of drug-likeness (QED) is 0.608. The smallest absolute Gasteiger partial charge is 0.410 e. The third-order valence-electron chi connectivity index (χ3n) is 3.15. The summed E-state index contributed by atoms with van der Waals surface area (Å²) in [7, 11) is 3.20. The molecule has 0 heterocycles. The number of benzene rings is 1. The van der Waals surface area contributed by atoms with Crippen molar-refractivity contribution in [2.24, 2.45) is 0 Å². The molecular weight excluding hydrogens is 314 g/mol. The number of ether oxygens (including phenoxy) is 1. The SMILES string of the molecule is CN(CCN(C)C(=O)c1ccc([N+](=O)[O-])cc1)C(=O)OC(C)(C)C. The summed E-state index contributed by atoms with van der Waals surface area (Å²) in [5.74, 6) is -0.275. The summed E-state index contributed by atoms with van der Waals surface area (Å²) in [5, 5.41) is 10.6. The maximum Gasteiger partial charge on any atom is 0.410 e. The molecular formula is C16H23N3O5. The Labute approximate surface area is 141 Å². The first-order valence-corrected chi connectivity index (χ1v) is 7.45. The minimum absolute atomic E-state index is 0.0705. The van der Waals surface area contributed by atoms with Crippen LogP contribution >= 0.6 is 0 Å². The topological polar surface area (TPSA) is 93.0 Å². The van der Waals surface area contributed by atoms with E-state index in [9.17, 15) is 19.7 Å². The fourth-order valence-electron chi connectivity index (χ4n) is 1.78. The number of hydrogen-bond donors (Lipinski definition) is 0. The van der Waals surface area contributed by atoms with E-state index >= 15 is 0 Å². The van der Waals surface area contributed by atoms with E-state index in [-0.39, 0.29) is 11.6 Å². The Balaban J connectivity index is 2.58. The lowest BCUT2D eigenvalue weighted by molar-refractivity contribution is -0.384. The average Bonchev–Trinajstić information content (AvgIpc) is 2.49. The fraction of sp³-hybridized carbons (Fsp3) is 0.500. The zero-order valence-corrected chi connectivity index (χ0v) is 14.6. The van der Waals surface area contributed by atoms with E-state index in [2.05, 4.69) is 0 Å². The molecule has 0 radical (unpaired) electrons. The molecule has 1 aromatic rings. The first-order valence-electron chi connectivity index (χ1n) is 7.45. The highest BCUT2D eigenvalue weighted by Gasteiger charge is 2.20. The highest BCUT2D eigenvalue weighted by molar-refractivity contribution is 5.94. The van der Waals surface area contributed by atoms with Gasteiger partial charge in [0.1, 0.15) is 5.60 Å². The number of nitrogens with zero attached hydrogens (tertiary/aromatic N) is 3. The minimum atomic E-state index is -0.578. The molecule has 24 heavy (non-hydrogen) atoms. The summed E-state index contributed by atoms with van der Waals surface area (Å²) in [5.41, 5.74) is -0.298. The van der Waals surface area contributed by atoms with Gasteiger partial charge in [-0.1, -0.05) is 0 Å². The number of carbonyl (C=O) groups excluding carboxylic acids is 2. The Bertz CT molecular complexity index is 607. The van der Waals surface area contributed by atoms with E-state index in [4.69, 9.17) is 4.74 Å². The van der Waals surface area contributed by atoms with Crippen LogP contribution in [0.2, 0.25) is 0 Å². The normalized spacial score (nSPS) is 10.9. The van der Waals surface area contributed by atoms with E-state index in [1.807, 2.05) is 0 Å². The second-order valence-electron chi connectivity index (χ2n) is 6.43. The molecule has 0 spiro atoms. The molecule has 0 atom stereocenters. The lowest BCUT2D eigenvalue weighted by Gasteiger charge is -2.26. The molecule has 0 aliphatic carbocycles. The predicted molar refractivity (Wildman–Crippen MR) is 88.9 cm³/mol. The molecule has 0 bridgehead atoms. The van der Waals surface area contributed by atoms with Crippen LogP contribution in [-0.2, 0) is 4.74 Å². The van der Waals surface area contributed by atoms with Gasteiger partial charge in [0, 0.05) is 44.9 Å². The molecule has 0 unspecified atom stereocenters. The number of nitro groups is 1. The van der Waals surface area contributed by atoms with Gasteiger partial charge in [0.2, 0.25) is 0 Å². The van der Waals surface area contributed by atoms with E-state index in [0.717, 1.165) is 0 Å². The van der Waals surface area contributed by atoms with Crippen molar-refractivity contribution in [3.8, 4) is 0 Å². The zero-order chi connectivity index (χ0) is 18.5. The van der Waals surface area contributed by atoms with Crippen LogP contribution in [0.1, 0.15) is 31.1 Å². The molecule has 1 rings (SSSR count). The number of non-ortho nitro benzene ring substituents is 1. The van der Waals surface area contributed by atoms with Crippen LogP contribution in [0, 0.1) is 10.1 Å². The Kier molecular flexibility index (Phi) is 6.27. The van der Waals surface area contributed by atoms with Crippen molar-refractivity contribution in [2.75, 3.05) is 27.2 Å². The van der Waals surface area contributed by atoms with E-state index in [0.29, 0.717) is 18.7 Å². The molecule has 0 saturated carbocycles. The van der Waals surface area contributed by atoms with Gasteiger partial charge in [0.15, 0.2) is 0 Å². The Morgan fingerprint density at radius 2 is 1.58 bits per heavy atom. The van der Waals surface area contributed by atoms with Gasteiger partial charge in [-0.2, -0.15) is 0 Å². The number of likely N-dealkylation sites (N-methyl/N-ethyl adjacent to an activating group) is 2. The van der Waals surface area contributed by atoms with Gasteiger partial charge >= 0.3 is 6.09 Å². The largest absolute Gasteiger partial charge is 0.444 e. The fourth-order valence-corrected chi connectivity index (χ4v) is 1.78. The van der Waals surface area contributed by atoms with Crippen LogP contribution in [0.5, 0.6) is 0 Å². The van der Waals surface area contributed by atoms with Crippen molar-refractivity contribution in [1.29, 1.82) is 0 Å². The third-order valence-corrected chi connectivity index (χ3v) is 3.15. The lowest BCUT2D eigenvalue weighted by Crippen LogP contribution is -2.39. The third kappa shape index (κ3) is 5.86. The Hall–Kier alpha value is -2.64. The van der Waals surface area contributed by atoms with Crippen LogP contribution < -0.4 is 0 Å². The van der Waals surface area contributed by atoms with Crippen molar-refractivity contribution in [3.05, 3.63) is 39.9 Å². The van der Waals surface area contributed by atoms with Crippen molar-refractivity contribution >= 4 is 17.7 Å². The van der Waals surface area contributed by atoms with E-state index < -0.39 is 16.6 Å². The van der Waals surface area contributed by atoms with Crippen LogP contribution in [0.15, 0.2) is 24.3 Å². The van der Waals surface area contributed by atoms with Crippen molar-refractivity contribution in [3.63, 3.8) is 0 Å². The van der Waals surface area contributed by atoms with Crippen LogP contribution in [0.25, 0.3) is 0 Å². The molecule has 2 amide bonds. The van der Waals surface area contributed by atoms with Gasteiger partial charge in [0.25, 0.3) is 11.6 Å². The monoisotopic (exact) mass is 337 g/mol. The molecule has 1 aromatic carbocycles. The number of rotatable bonds is 5. The standard InChI is InChI=1S/C16H23N3O5/c1-16(2,3)24-15(21)18(5)11-10-17(4)14(20)12-6-8-13(9-7-12)19(22)23/h6-9H,10-11H2,1-5H3. The summed E-state index contributed by atoms with van der Waals surface area (Å²) >= 11 is 0. The Morgan fingerprint density at radius 1 is 1.08 bits per heavy atom. The van der Waals surface area contributed by atoms with Crippen molar-refractivity contribution < 1.29 is 19.2 Å². The van der Waals surface area contributed by atoms with E-state index in [1.54, 1.807) is 34.9 Å². The van der Waals surface area contributed by atoms with Crippen LogP contribution in [0.3, 0.4) is 0 Å². The van der Waals surface area contributed by atoms with Crippen LogP contribution in [-0.4, -0.2) is 59.5 Å². The molecule has 8 heteroatoms. The second kappa shape index (κ2) is 7.76. The average molecular weight is 337 g/mol. The number of hydrogen-bond acceptors (Lipinski definition) is 5. The van der Waals surface area contributed by atoms with Gasteiger partial charge in [-0.25, -0.2) is 4.79 Å². The zero-order valence-electron chi connectivity index (χ0n) is 14.6. The molecule has 0 saturated heterocycles. The first kappa shape index (κ1) is 19.4. The van der Waals surface area contributed by atoms with Crippen LogP contribution in [0.4, 0.5) is 10.5 Å². The van der Waals surface area contributed by atoms with Gasteiger partial charge in [0.05, 0.1) is 4.92 Å². The predicted octanol–water partition coefficient (Wildman–Crippen LogP) is 2.53. The lowest BCUT2D eigenvalue weighted by atomic mass is 10.2. The molecule has 132 valence electrons. The molecule has 8 nitrogen and oxygen atoms in total. The molecule has 0 N–H and O–H groups in total. The van der Waals surface area contributed by atoms with E-state index in [1.165, 1.54) is 34.1 Å². The van der Waals surface area contributed by atoms with Crippen molar-refractivity contribution in [2.45, 2.75) is 26.4 Å². The summed E-state index contributed by atoms with van der Waals surface area (Å²) in [6.45, 7) is 5.96. The van der Waals surface area contributed by atoms with Gasteiger partial charge < -0.3 is 14.5 Å². The highest BCUT2D eigenvalue weighted by Crippen LogP contribution is 2.13. The minimum Gasteiger partial charge on any atom is -0.444 e. The second-order valence-corrected chi connectivity index (χ2v) is 6.43. The molecule has 0 aliphatic heterocycles. The summed E-state index contributed by atoms with van der Waals surface area (Å²) in [4.78, 5) is 37.0. The summed E-state index contributed by atoms with van der Waals surface area (Å²) in [6, 6.07) is 5.39. The Morgan fingerprint density at radius 3 is 2.04 bits per heavy atom. The van der Waals surface area contributed by atoms with Crippen molar-refractivity contribution in [1.82, 2.24) is 9.80 Å². The molecule has 0 aromatic heterocycles. The summed E-state index contributed by atoms with van der Waals surface area (Å²) < 4.78 is 5.23. The number of amides is 2. The molecule has 0 fully saturated rings. The maximum absolute atomic E-state index is 12.3. The summed E-state index contributed by atoms with van der Waals surface area (Å²) in [6.07, 6.45) is -0.460. The van der Waals surface area contributed by atoms with Gasteiger partial charge in [-0.05, 0) is 32.9 Å². The number of nitro benzene ring substituents is 1. The highest BCUT2D eigenvalue weighted by atomic mass is 16.6.